The lowest BCUT2D eigenvalue weighted by molar-refractivity contribution is 0.412. The quantitative estimate of drug-likeness (QED) is 0.860. The van der Waals surface area contributed by atoms with E-state index in [-0.39, 0.29) is 17.0 Å². The molecule has 0 aliphatic heterocycles. The number of anilines is 1. The maximum atomic E-state index is 12.9. The number of hydrogen-bond donors (Lipinski definition) is 1. The largest absolute Gasteiger partial charge is 0.490 e. The van der Waals surface area contributed by atoms with Crippen LogP contribution in [-0.2, 0) is 6.42 Å². The molecule has 1 atom stereocenters. The number of rotatable bonds is 5. The highest BCUT2D eigenvalue weighted by molar-refractivity contribution is 6.31. The zero-order valence-corrected chi connectivity index (χ0v) is 12.0. The minimum atomic E-state index is -0.237. The van der Waals surface area contributed by atoms with E-state index < -0.39 is 0 Å². The Morgan fingerprint density at radius 3 is 2.65 bits per heavy atom. The first-order valence-corrected chi connectivity index (χ1v) is 6.53. The zero-order valence-electron chi connectivity index (χ0n) is 11.2. The van der Waals surface area contributed by atoms with E-state index in [1.807, 2.05) is 6.92 Å². The standard InChI is InChI=1S/C14H15ClFN3O/c1-9(7-10-3-5-11(16)6-4-10)19-14-12(20-2)13(15)17-8-18-14/h3-6,8-9H,7H2,1-2H3,(H,17,18,19). The lowest BCUT2D eigenvalue weighted by Gasteiger charge is -2.16. The number of aromatic nitrogens is 2. The fourth-order valence-electron chi connectivity index (χ4n) is 1.89. The van der Waals surface area contributed by atoms with Crippen LogP contribution < -0.4 is 10.1 Å². The van der Waals surface area contributed by atoms with Crippen molar-refractivity contribution in [2.24, 2.45) is 0 Å². The number of nitrogens with zero attached hydrogens (tertiary/aromatic N) is 2. The molecule has 0 aliphatic carbocycles. The maximum absolute atomic E-state index is 12.9. The first-order chi connectivity index (χ1) is 9.60. The van der Waals surface area contributed by atoms with Crippen LogP contribution >= 0.6 is 11.6 Å². The van der Waals surface area contributed by atoms with E-state index in [9.17, 15) is 4.39 Å². The molecule has 1 N–H and O–H groups in total. The molecule has 106 valence electrons. The second-order valence-electron chi connectivity index (χ2n) is 4.42. The highest BCUT2D eigenvalue weighted by Gasteiger charge is 2.13. The molecule has 1 heterocycles. The van der Waals surface area contributed by atoms with Gasteiger partial charge < -0.3 is 10.1 Å². The molecular weight excluding hydrogens is 281 g/mol. The van der Waals surface area contributed by atoms with Gasteiger partial charge in [-0.3, -0.25) is 0 Å². The summed E-state index contributed by atoms with van der Waals surface area (Å²) in [6.45, 7) is 2.00. The third kappa shape index (κ3) is 3.57. The van der Waals surface area contributed by atoms with Gasteiger partial charge in [-0.15, -0.1) is 0 Å². The minimum absolute atomic E-state index is 0.0836. The van der Waals surface area contributed by atoms with E-state index >= 15 is 0 Å². The molecule has 0 fully saturated rings. The number of halogens is 2. The van der Waals surface area contributed by atoms with Gasteiger partial charge in [-0.2, -0.15) is 0 Å². The Morgan fingerprint density at radius 2 is 2.00 bits per heavy atom. The summed E-state index contributed by atoms with van der Waals surface area (Å²) < 4.78 is 18.0. The zero-order chi connectivity index (χ0) is 14.5. The van der Waals surface area contributed by atoms with E-state index in [2.05, 4.69) is 15.3 Å². The molecule has 0 amide bonds. The van der Waals surface area contributed by atoms with Crippen molar-refractivity contribution in [3.63, 3.8) is 0 Å². The van der Waals surface area contributed by atoms with Crippen LogP contribution in [0.4, 0.5) is 10.2 Å². The first-order valence-electron chi connectivity index (χ1n) is 6.15. The lowest BCUT2D eigenvalue weighted by atomic mass is 10.1. The Kier molecular flexibility index (Phi) is 4.74. The van der Waals surface area contributed by atoms with Gasteiger partial charge in [-0.1, -0.05) is 23.7 Å². The van der Waals surface area contributed by atoms with Crippen molar-refractivity contribution >= 4 is 17.4 Å². The highest BCUT2D eigenvalue weighted by atomic mass is 35.5. The summed E-state index contributed by atoms with van der Waals surface area (Å²) in [6, 6.07) is 6.50. The smallest absolute Gasteiger partial charge is 0.198 e. The number of hydrogen-bond acceptors (Lipinski definition) is 4. The monoisotopic (exact) mass is 295 g/mol. The van der Waals surface area contributed by atoms with Crippen LogP contribution in [0.2, 0.25) is 5.15 Å². The third-order valence-corrected chi connectivity index (χ3v) is 3.07. The summed E-state index contributed by atoms with van der Waals surface area (Å²) >= 11 is 5.93. The van der Waals surface area contributed by atoms with Crippen LogP contribution in [-0.4, -0.2) is 23.1 Å². The highest BCUT2D eigenvalue weighted by Crippen LogP contribution is 2.28. The van der Waals surface area contributed by atoms with Crippen molar-refractivity contribution in [1.82, 2.24) is 9.97 Å². The fourth-order valence-corrected chi connectivity index (χ4v) is 2.10. The molecule has 6 heteroatoms. The molecule has 0 radical (unpaired) electrons. The van der Waals surface area contributed by atoms with Crippen LogP contribution in [0.15, 0.2) is 30.6 Å². The normalized spacial score (nSPS) is 12.0. The van der Waals surface area contributed by atoms with E-state index in [1.54, 1.807) is 12.1 Å². The van der Waals surface area contributed by atoms with Crippen molar-refractivity contribution in [1.29, 1.82) is 0 Å². The lowest BCUT2D eigenvalue weighted by Crippen LogP contribution is -2.19. The summed E-state index contributed by atoms with van der Waals surface area (Å²) in [7, 11) is 1.51. The Hall–Kier alpha value is -1.88. The topological polar surface area (TPSA) is 47.0 Å². The van der Waals surface area contributed by atoms with Crippen LogP contribution in [0, 0.1) is 5.82 Å². The second-order valence-corrected chi connectivity index (χ2v) is 4.78. The number of methoxy groups -OCH3 is 1. The Morgan fingerprint density at radius 1 is 1.30 bits per heavy atom. The predicted octanol–water partition coefficient (Wildman–Crippen LogP) is 3.32. The van der Waals surface area contributed by atoms with E-state index in [4.69, 9.17) is 16.3 Å². The Labute approximate surface area is 122 Å². The molecule has 4 nitrogen and oxygen atoms in total. The van der Waals surface area contributed by atoms with E-state index in [0.717, 1.165) is 12.0 Å². The molecule has 20 heavy (non-hydrogen) atoms. The Balaban J connectivity index is 2.06. The molecule has 0 bridgehead atoms. The van der Waals surface area contributed by atoms with Gasteiger partial charge in [0.05, 0.1) is 7.11 Å². The number of ether oxygens (including phenoxy) is 1. The molecule has 1 aromatic carbocycles. The van der Waals surface area contributed by atoms with Crippen molar-refractivity contribution in [3.05, 3.63) is 47.1 Å². The second kappa shape index (κ2) is 6.52. The molecule has 0 aliphatic rings. The Bertz CT molecular complexity index is 577. The average Bonchev–Trinajstić information content (AvgIpc) is 2.42. The number of nitrogens with one attached hydrogen (secondary N) is 1. The summed E-state index contributed by atoms with van der Waals surface area (Å²) in [5.41, 5.74) is 1.03. The first kappa shape index (κ1) is 14.5. The van der Waals surface area contributed by atoms with Crippen LogP contribution in [0.1, 0.15) is 12.5 Å². The summed E-state index contributed by atoms with van der Waals surface area (Å²) in [4.78, 5) is 7.97. The molecule has 2 rings (SSSR count). The SMILES string of the molecule is COc1c(Cl)ncnc1NC(C)Cc1ccc(F)cc1. The van der Waals surface area contributed by atoms with Gasteiger partial charge in [-0.05, 0) is 31.0 Å². The molecule has 0 saturated heterocycles. The van der Waals surface area contributed by atoms with Crippen molar-refractivity contribution < 1.29 is 9.13 Å². The third-order valence-electron chi connectivity index (χ3n) is 2.80. The van der Waals surface area contributed by atoms with Gasteiger partial charge in [0.1, 0.15) is 12.1 Å². The van der Waals surface area contributed by atoms with Gasteiger partial charge in [0.2, 0.25) is 0 Å². The molecule has 0 spiro atoms. The van der Waals surface area contributed by atoms with Crippen LogP contribution in [0.5, 0.6) is 5.75 Å². The van der Waals surface area contributed by atoms with Gasteiger partial charge in [0.15, 0.2) is 16.7 Å². The fraction of sp³-hybridized carbons (Fsp3) is 0.286. The van der Waals surface area contributed by atoms with Crippen LogP contribution in [0.3, 0.4) is 0 Å². The minimum Gasteiger partial charge on any atom is -0.490 e. The molecule has 1 unspecified atom stereocenters. The van der Waals surface area contributed by atoms with Crippen molar-refractivity contribution in [3.8, 4) is 5.75 Å². The van der Waals surface area contributed by atoms with Gasteiger partial charge in [0.25, 0.3) is 0 Å². The summed E-state index contributed by atoms with van der Waals surface area (Å²) in [5.74, 6) is 0.723. The number of benzene rings is 1. The molecular formula is C14H15ClFN3O. The molecule has 2 aromatic rings. The van der Waals surface area contributed by atoms with E-state index in [0.29, 0.717) is 11.6 Å². The predicted molar refractivity (Wildman–Crippen MR) is 76.8 cm³/mol. The maximum Gasteiger partial charge on any atom is 0.198 e. The van der Waals surface area contributed by atoms with Gasteiger partial charge in [-0.25, -0.2) is 14.4 Å². The van der Waals surface area contributed by atoms with Crippen molar-refractivity contribution in [2.45, 2.75) is 19.4 Å². The van der Waals surface area contributed by atoms with Crippen LogP contribution in [0.25, 0.3) is 0 Å². The molecule has 0 saturated carbocycles. The summed E-state index contributed by atoms with van der Waals surface area (Å²) in [5, 5.41) is 3.47. The van der Waals surface area contributed by atoms with Gasteiger partial charge in [0, 0.05) is 6.04 Å². The molecule has 1 aromatic heterocycles. The van der Waals surface area contributed by atoms with E-state index in [1.165, 1.54) is 25.6 Å². The van der Waals surface area contributed by atoms with Gasteiger partial charge >= 0.3 is 0 Å². The van der Waals surface area contributed by atoms with Crippen molar-refractivity contribution in [2.75, 3.05) is 12.4 Å². The average molecular weight is 296 g/mol. The summed E-state index contributed by atoms with van der Waals surface area (Å²) in [6.07, 6.45) is 2.10.